The molecule has 3 aromatic rings. The van der Waals surface area contributed by atoms with Gasteiger partial charge in [-0.05, 0) is 55.5 Å². The Morgan fingerprint density at radius 3 is 2.55 bits per heavy atom. The van der Waals surface area contributed by atoms with Crippen LogP contribution in [-0.2, 0) is 10.0 Å². The van der Waals surface area contributed by atoms with Crippen LogP contribution in [0.2, 0.25) is 0 Å². The third-order valence-electron chi connectivity index (χ3n) is 5.88. The lowest BCUT2D eigenvalue weighted by atomic mass is 9.96. The van der Waals surface area contributed by atoms with E-state index in [9.17, 15) is 13.7 Å². The van der Waals surface area contributed by atoms with Gasteiger partial charge in [-0.1, -0.05) is 12.8 Å². The van der Waals surface area contributed by atoms with Crippen molar-refractivity contribution in [2.24, 2.45) is 5.92 Å². The van der Waals surface area contributed by atoms with Crippen LogP contribution in [0.1, 0.15) is 43.7 Å². The van der Waals surface area contributed by atoms with Gasteiger partial charge in [-0.25, -0.2) is 18.4 Å². The first kappa shape index (κ1) is 22.7. The predicted molar refractivity (Wildman–Crippen MR) is 127 cm³/mol. The van der Waals surface area contributed by atoms with Gasteiger partial charge >= 0.3 is 0 Å². The molecule has 0 radical (unpaired) electrons. The summed E-state index contributed by atoms with van der Waals surface area (Å²) < 4.78 is 27.1. The second kappa shape index (κ2) is 9.58. The molecule has 1 aliphatic rings. The fourth-order valence-corrected chi connectivity index (χ4v) is 4.88. The lowest BCUT2D eigenvalue weighted by Gasteiger charge is -2.21. The van der Waals surface area contributed by atoms with E-state index in [1.165, 1.54) is 12.8 Å². The third-order valence-corrected chi connectivity index (χ3v) is 6.48. The van der Waals surface area contributed by atoms with E-state index in [2.05, 4.69) is 31.2 Å². The minimum absolute atomic E-state index is 0.0880. The van der Waals surface area contributed by atoms with Gasteiger partial charge in [0.2, 0.25) is 16.0 Å². The Kier molecular flexibility index (Phi) is 6.60. The number of hydrogen-bond acceptors (Lipinski definition) is 7. The zero-order valence-corrected chi connectivity index (χ0v) is 19.5. The van der Waals surface area contributed by atoms with Gasteiger partial charge in [-0.15, -0.1) is 0 Å². The standard InChI is InChI=1S/C23H27N7O2S/c1-16-13-25-23(27-19-7-9-20(10-8-19)29-33(2,31)32)28-22(16)18-14-26-30(15-18)21(11-12-24)17-5-3-4-6-17/h7-10,13-15,17,21,29H,3-6,11H2,1-2H3,(H,25,27,28). The SMILES string of the molecule is Cc1cnc(Nc2ccc(NS(C)(=O)=O)cc2)nc1-c1cnn(C(CC#N)C2CCCC2)c1. The van der Waals surface area contributed by atoms with E-state index in [1.54, 1.807) is 36.7 Å². The van der Waals surface area contributed by atoms with Gasteiger partial charge in [-0.3, -0.25) is 9.40 Å². The average molecular weight is 466 g/mol. The monoisotopic (exact) mass is 465 g/mol. The van der Waals surface area contributed by atoms with Crippen LogP contribution in [0.5, 0.6) is 0 Å². The first-order valence-corrected chi connectivity index (χ1v) is 12.8. The number of hydrogen-bond donors (Lipinski definition) is 2. The molecule has 0 amide bonds. The molecule has 0 aliphatic heterocycles. The number of nitriles is 1. The van der Waals surface area contributed by atoms with Crippen LogP contribution in [0.15, 0.2) is 42.9 Å². The molecule has 1 aromatic carbocycles. The molecule has 1 aliphatic carbocycles. The molecule has 10 heteroatoms. The lowest BCUT2D eigenvalue weighted by Crippen LogP contribution is -2.17. The molecule has 0 saturated heterocycles. The molecule has 1 unspecified atom stereocenters. The Morgan fingerprint density at radius 2 is 1.88 bits per heavy atom. The van der Waals surface area contributed by atoms with Gasteiger partial charge in [-0.2, -0.15) is 10.4 Å². The summed E-state index contributed by atoms with van der Waals surface area (Å²) in [5.74, 6) is 0.915. The van der Waals surface area contributed by atoms with Gasteiger partial charge in [0.05, 0.1) is 36.7 Å². The van der Waals surface area contributed by atoms with E-state index in [0.29, 0.717) is 24.0 Å². The number of sulfonamides is 1. The van der Waals surface area contributed by atoms with E-state index >= 15 is 0 Å². The van der Waals surface area contributed by atoms with Gasteiger partial charge in [0.25, 0.3) is 0 Å². The highest BCUT2D eigenvalue weighted by molar-refractivity contribution is 7.92. The molecular weight excluding hydrogens is 438 g/mol. The minimum Gasteiger partial charge on any atom is -0.324 e. The Morgan fingerprint density at radius 1 is 1.18 bits per heavy atom. The predicted octanol–water partition coefficient (Wildman–Crippen LogP) is 4.41. The largest absolute Gasteiger partial charge is 0.324 e. The van der Waals surface area contributed by atoms with Crippen molar-refractivity contribution in [2.45, 2.75) is 45.1 Å². The maximum atomic E-state index is 11.4. The number of anilines is 3. The molecule has 0 bridgehead atoms. The first-order valence-electron chi connectivity index (χ1n) is 10.9. The second-order valence-electron chi connectivity index (χ2n) is 8.48. The Hall–Kier alpha value is -3.45. The summed E-state index contributed by atoms with van der Waals surface area (Å²) in [5, 5.41) is 17.1. The van der Waals surface area contributed by atoms with Crippen LogP contribution in [0, 0.1) is 24.2 Å². The van der Waals surface area contributed by atoms with Crippen molar-refractivity contribution in [3.05, 3.63) is 48.4 Å². The highest BCUT2D eigenvalue weighted by atomic mass is 32.2. The van der Waals surface area contributed by atoms with Crippen molar-refractivity contribution in [1.29, 1.82) is 5.26 Å². The van der Waals surface area contributed by atoms with Crippen molar-refractivity contribution >= 4 is 27.3 Å². The quantitative estimate of drug-likeness (QED) is 0.505. The molecule has 33 heavy (non-hydrogen) atoms. The number of nitrogens with one attached hydrogen (secondary N) is 2. The highest BCUT2D eigenvalue weighted by Crippen LogP contribution is 2.36. The molecule has 4 rings (SSSR count). The summed E-state index contributed by atoms with van der Waals surface area (Å²) in [7, 11) is -3.32. The Labute approximate surface area is 193 Å². The fourth-order valence-electron chi connectivity index (χ4n) is 4.31. The molecule has 172 valence electrons. The minimum atomic E-state index is -3.32. The molecular formula is C23H27N7O2S. The third kappa shape index (κ3) is 5.68. The molecule has 2 aromatic heterocycles. The van der Waals surface area contributed by atoms with E-state index in [0.717, 1.165) is 41.6 Å². The van der Waals surface area contributed by atoms with Gasteiger partial charge in [0, 0.05) is 29.3 Å². The zero-order valence-electron chi connectivity index (χ0n) is 18.7. The number of benzene rings is 1. The van der Waals surface area contributed by atoms with Gasteiger partial charge in [0.1, 0.15) is 0 Å². The van der Waals surface area contributed by atoms with E-state index in [1.807, 2.05) is 17.8 Å². The number of aryl methyl sites for hydroxylation is 1. The fraction of sp³-hybridized carbons (Fsp3) is 0.391. The lowest BCUT2D eigenvalue weighted by molar-refractivity contribution is 0.315. The maximum absolute atomic E-state index is 11.4. The van der Waals surface area contributed by atoms with Crippen molar-refractivity contribution in [3.8, 4) is 17.3 Å². The van der Waals surface area contributed by atoms with Crippen LogP contribution < -0.4 is 10.0 Å². The van der Waals surface area contributed by atoms with Crippen molar-refractivity contribution in [1.82, 2.24) is 19.7 Å². The van der Waals surface area contributed by atoms with E-state index in [4.69, 9.17) is 0 Å². The van der Waals surface area contributed by atoms with E-state index in [-0.39, 0.29) is 6.04 Å². The molecule has 1 atom stereocenters. The molecule has 2 N–H and O–H groups in total. The van der Waals surface area contributed by atoms with Crippen molar-refractivity contribution in [3.63, 3.8) is 0 Å². The summed E-state index contributed by atoms with van der Waals surface area (Å²) in [6, 6.07) is 9.25. The highest BCUT2D eigenvalue weighted by Gasteiger charge is 2.27. The molecule has 1 fully saturated rings. The Bertz CT molecular complexity index is 1260. The zero-order chi connectivity index (χ0) is 23.4. The smallest absolute Gasteiger partial charge is 0.229 e. The summed E-state index contributed by atoms with van der Waals surface area (Å²) >= 11 is 0. The molecule has 1 saturated carbocycles. The van der Waals surface area contributed by atoms with Crippen LogP contribution in [0.3, 0.4) is 0 Å². The number of rotatable bonds is 8. The van der Waals surface area contributed by atoms with Crippen LogP contribution >= 0.6 is 0 Å². The second-order valence-corrected chi connectivity index (χ2v) is 10.2. The summed E-state index contributed by atoms with van der Waals surface area (Å²) in [6.07, 6.45) is 11.8. The van der Waals surface area contributed by atoms with E-state index < -0.39 is 10.0 Å². The summed E-state index contributed by atoms with van der Waals surface area (Å²) in [6.45, 7) is 1.95. The first-order chi connectivity index (χ1) is 15.8. The summed E-state index contributed by atoms with van der Waals surface area (Å²) in [4.78, 5) is 9.06. The van der Waals surface area contributed by atoms with Crippen LogP contribution in [0.25, 0.3) is 11.3 Å². The topological polar surface area (TPSA) is 126 Å². The number of nitrogens with zero attached hydrogens (tertiary/aromatic N) is 5. The molecule has 2 heterocycles. The van der Waals surface area contributed by atoms with Crippen molar-refractivity contribution < 1.29 is 8.42 Å². The average Bonchev–Trinajstić information content (AvgIpc) is 3.46. The maximum Gasteiger partial charge on any atom is 0.229 e. The number of aromatic nitrogens is 4. The van der Waals surface area contributed by atoms with Crippen molar-refractivity contribution in [2.75, 3.05) is 16.3 Å². The molecule has 0 spiro atoms. The van der Waals surface area contributed by atoms with Gasteiger partial charge < -0.3 is 5.32 Å². The van der Waals surface area contributed by atoms with Crippen LogP contribution in [-0.4, -0.2) is 34.4 Å². The summed E-state index contributed by atoms with van der Waals surface area (Å²) in [5.41, 5.74) is 3.79. The van der Waals surface area contributed by atoms with Gasteiger partial charge in [0.15, 0.2) is 0 Å². The van der Waals surface area contributed by atoms with Crippen LogP contribution in [0.4, 0.5) is 17.3 Å². The molecule has 9 nitrogen and oxygen atoms in total. The normalized spacial score (nSPS) is 15.2. The Balaban J connectivity index is 1.54.